The van der Waals surface area contributed by atoms with Crippen molar-refractivity contribution in [1.82, 2.24) is 10.9 Å². The van der Waals surface area contributed by atoms with Gasteiger partial charge in [-0.2, -0.15) is 0 Å². The first-order valence-corrected chi connectivity index (χ1v) is 8.10. The van der Waals surface area contributed by atoms with E-state index in [4.69, 9.17) is 4.74 Å². The minimum Gasteiger partial charge on any atom is -0.484 e. The zero-order valence-electron chi connectivity index (χ0n) is 12.1. The van der Waals surface area contributed by atoms with Crippen LogP contribution in [-0.4, -0.2) is 18.4 Å². The highest BCUT2D eigenvalue weighted by atomic mass is 79.9. The molecule has 0 saturated carbocycles. The van der Waals surface area contributed by atoms with Gasteiger partial charge >= 0.3 is 0 Å². The molecule has 0 atom stereocenters. The topological polar surface area (TPSA) is 67.4 Å². The first-order valence-electron chi connectivity index (χ1n) is 6.49. The van der Waals surface area contributed by atoms with Gasteiger partial charge in [-0.3, -0.25) is 20.4 Å². The zero-order chi connectivity index (χ0) is 16.1. The molecule has 0 bridgehead atoms. The highest BCUT2D eigenvalue weighted by Crippen LogP contribution is 2.21. The summed E-state index contributed by atoms with van der Waals surface area (Å²) in [6.45, 7) is 3.75. The maximum atomic E-state index is 11.7. The number of thiophene rings is 1. The summed E-state index contributed by atoms with van der Waals surface area (Å²) in [6, 6.07) is 9.16. The monoisotopic (exact) mass is 382 g/mol. The van der Waals surface area contributed by atoms with E-state index in [1.54, 1.807) is 12.1 Å². The van der Waals surface area contributed by atoms with Crippen LogP contribution in [0.1, 0.15) is 20.8 Å². The molecule has 2 rings (SSSR count). The lowest BCUT2D eigenvalue weighted by Gasteiger charge is -2.09. The Morgan fingerprint density at radius 2 is 1.82 bits per heavy atom. The summed E-state index contributed by atoms with van der Waals surface area (Å²) in [6.07, 6.45) is 0. The van der Waals surface area contributed by atoms with E-state index in [0.717, 1.165) is 14.9 Å². The van der Waals surface area contributed by atoms with Crippen molar-refractivity contribution in [3.63, 3.8) is 0 Å². The molecular weight excluding hydrogens is 368 g/mol. The van der Waals surface area contributed by atoms with Crippen LogP contribution in [0, 0.1) is 13.8 Å². The Hall–Kier alpha value is -1.86. The van der Waals surface area contributed by atoms with Gasteiger partial charge in [0.25, 0.3) is 11.8 Å². The number of nitrogens with one attached hydrogen (secondary N) is 2. The van der Waals surface area contributed by atoms with E-state index in [2.05, 4.69) is 26.8 Å². The number of aryl methyl sites for hydroxylation is 2. The molecule has 0 fully saturated rings. The van der Waals surface area contributed by atoms with Crippen molar-refractivity contribution in [2.45, 2.75) is 13.8 Å². The van der Waals surface area contributed by atoms with Gasteiger partial charge in [-0.25, -0.2) is 0 Å². The van der Waals surface area contributed by atoms with Gasteiger partial charge in [0, 0.05) is 0 Å². The molecular formula is C15H15BrN2O3S. The van der Waals surface area contributed by atoms with Gasteiger partial charge in [0.2, 0.25) is 0 Å². The predicted molar refractivity (Wildman–Crippen MR) is 89.0 cm³/mol. The molecule has 2 amide bonds. The lowest BCUT2D eigenvalue weighted by Crippen LogP contribution is -2.43. The minimum absolute atomic E-state index is 0.169. The summed E-state index contributed by atoms with van der Waals surface area (Å²) in [5.41, 5.74) is 6.78. The van der Waals surface area contributed by atoms with Crippen molar-refractivity contribution in [2.24, 2.45) is 0 Å². The Balaban J connectivity index is 1.79. The smallest absolute Gasteiger partial charge is 0.279 e. The van der Waals surface area contributed by atoms with Gasteiger partial charge in [-0.15, -0.1) is 11.3 Å². The fraction of sp³-hybridized carbons (Fsp3) is 0.200. The van der Waals surface area contributed by atoms with E-state index in [-0.39, 0.29) is 12.5 Å². The van der Waals surface area contributed by atoms with Crippen LogP contribution in [-0.2, 0) is 4.79 Å². The van der Waals surface area contributed by atoms with Crippen LogP contribution >= 0.6 is 27.3 Å². The third kappa shape index (κ3) is 4.85. The average Bonchev–Trinajstić information content (AvgIpc) is 2.88. The number of rotatable bonds is 4. The molecule has 116 valence electrons. The molecule has 2 aromatic rings. The second-order valence-corrected chi connectivity index (χ2v) is 7.18. The Labute approximate surface area is 140 Å². The molecule has 1 aromatic carbocycles. The van der Waals surface area contributed by atoms with Crippen molar-refractivity contribution >= 4 is 39.1 Å². The van der Waals surface area contributed by atoms with Crippen LogP contribution in [0.15, 0.2) is 34.1 Å². The van der Waals surface area contributed by atoms with Crippen LogP contribution in [0.5, 0.6) is 5.75 Å². The lowest BCUT2D eigenvalue weighted by atomic mass is 10.1. The molecule has 22 heavy (non-hydrogen) atoms. The molecule has 1 aromatic heterocycles. The summed E-state index contributed by atoms with van der Waals surface area (Å²) in [5, 5.41) is 0. The number of ether oxygens (including phenoxy) is 1. The van der Waals surface area contributed by atoms with E-state index in [1.165, 1.54) is 11.3 Å². The Morgan fingerprint density at radius 1 is 1.14 bits per heavy atom. The van der Waals surface area contributed by atoms with E-state index in [1.807, 2.05) is 32.0 Å². The van der Waals surface area contributed by atoms with Crippen molar-refractivity contribution < 1.29 is 14.3 Å². The molecule has 0 unspecified atom stereocenters. The summed E-state index contributed by atoms with van der Waals surface area (Å²) in [5.74, 6) is -0.167. The quantitative estimate of drug-likeness (QED) is 0.798. The Bertz CT molecular complexity index is 680. The SMILES string of the molecule is Cc1cc(C)cc(OCC(=O)NNC(=O)c2ccc(Br)s2)c1. The largest absolute Gasteiger partial charge is 0.484 e. The van der Waals surface area contributed by atoms with Crippen LogP contribution < -0.4 is 15.6 Å². The van der Waals surface area contributed by atoms with Crippen molar-refractivity contribution in [2.75, 3.05) is 6.61 Å². The Morgan fingerprint density at radius 3 is 2.41 bits per heavy atom. The van der Waals surface area contributed by atoms with E-state index >= 15 is 0 Å². The third-order valence-corrected chi connectivity index (χ3v) is 4.30. The highest BCUT2D eigenvalue weighted by molar-refractivity contribution is 9.11. The van der Waals surface area contributed by atoms with Gasteiger partial charge in [0.15, 0.2) is 6.61 Å². The van der Waals surface area contributed by atoms with Crippen LogP contribution in [0.25, 0.3) is 0 Å². The fourth-order valence-corrected chi connectivity index (χ4v) is 3.11. The van der Waals surface area contributed by atoms with Crippen LogP contribution in [0.3, 0.4) is 0 Å². The molecule has 1 heterocycles. The van der Waals surface area contributed by atoms with Gasteiger partial charge in [0.1, 0.15) is 5.75 Å². The number of carbonyl (C=O) groups excluding carboxylic acids is 2. The third-order valence-electron chi connectivity index (χ3n) is 2.68. The molecule has 0 aliphatic heterocycles. The normalized spacial score (nSPS) is 10.1. The van der Waals surface area contributed by atoms with Gasteiger partial charge < -0.3 is 4.74 Å². The van der Waals surface area contributed by atoms with Crippen molar-refractivity contribution in [3.05, 3.63) is 50.1 Å². The molecule has 0 saturated heterocycles. The van der Waals surface area contributed by atoms with Gasteiger partial charge in [-0.05, 0) is 65.2 Å². The lowest BCUT2D eigenvalue weighted by molar-refractivity contribution is -0.123. The summed E-state index contributed by atoms with van der Waals surface area (Å²) in [7, 11) is 0. The predicted octanol–water partition coefficient (Wildman–Crippen LogP) is 2.97. The fourth-order valence-electron chi connectivity index (χ4n) is 1.83. The van der Waals surface area contributed by atoms with E-state index in [9.17, 15) is 9.59 Å². The molecule has 2 N–H and O–H groups in total. The summed E-state index contributed by atoms with van der Waals surface area (Å²) in [4.78, 5) is 23.9. The second kappa shape index (κ2) is 7.42. The Kier molecular flexibility index (Phi) is 5.57. The second-order valence-electron chi connectivity index (χ2n) is 4.72. The number of carbonyl (C=O) groups is 2. The maximum Gasteiger partial charge on any atom is 0.279 e. The van der Waals surface area contributed by atoms with E-state index in [0.29, 0.717) is 10.6 Å². The first-order chi connectivity index (χ1) is 10.4. The number of hydrogen-bond acceptors (Lipinski definition) is 4. The van der Waals surface area contributed by atoms with Crippen molar-refractivity contribution in [3.8, 4) is 5.75 Å². The van der Waals surface area contributed by atoms with Crippen LogP contribution in [0.4, 0.5) is 0 Å². The number of amides is 2. The van der Waals surface area contributed by atoms with Crippen molar-refractivity contribution in [1.29, 1.82) is 0 Å². The average molecular weight is 383 g/mol. The zero-order valence-corrected chi connectivity index (χ0v) is 14.5. The number of halogens is 1. The number of hydrogen-bond donors (Lipinski definition) is 2. The number of hydrazine groups is 1. The molecule has 0 radical (unpaired) electrons. The van der Waals surface area contributed by atoms with Crippen LogP contribution in [0.2, 0.25) is 0 Å². The summed E-state index contributed by atoms with van der Waals surface area (Å²) >= 11 is 4.56. The molecule has 7 heteroatoms. The highest BCUT2D eigenvalue weighted by Gasteiger charge is 2.10. The van der Waals surface area contributed by atoms with Gasteiger partial charge in [-0.1, -0.05) is 6.07 Å². The molecule has 0 aliphatic carbocycles. The molecule has 0 spiro atoms. The standard InChI is InChI=1S/C15H15BrN2O3S/c1-9-5-10(2)7-11(6-9)21-8-14(19)17-18-15(20)12-3-4-13(16)22-12/h3-7H,8H2,1-2H3,(H,17,19)(H,18,20). The maximum absolute atomic E-state index is 11.7. The van der Waals surface area contributed by atoms with Gasteiger partial charge in [0.05, 0.1) is 8.66 Å². The van der Waals surface area contributed by atoms with E-state index < -0.39 is 5.91 Å². The first kappa shape index (κ1) is 16.5. The molecule has 5 nitrogen and oxygen atoms in total. The summed E-state index contributed by atoms with van der Waals surface area (Å²) < 4.78 is 6.25. The minimum atomic E-state index is -0.428. The molecule has 0 aliphatic rings. The number of benzene rings is 1.